The number of aliphatic hydroxyl groups excluding tert-OH is 2. The molecule has 0 saturated carbocycles. The molecule has 1 aromatic heterocycles. The molecule has 1 saturated heterocycles. The second-order valence-corrected chi connectivity index (χ2v) is 7.22. The number of piperidine rings is 1. The topological polar surface area (TPSA) is 70.8 Å². The van der Waals surface area contributed by atoms with Crippen LogP contribution in [0, 0.1) is 5.92 Å². The average molecular weight is 380 g/mol. The van der Waals surface area contributed by atoms with Crippen molar-refractivity contribution in [3.05, 3.63) is 47.5 Å². The van der Waals surface area contributed by atoms with E-state index in [1.54, 1.807) is 12.5 Å². The first-order valence-corrected chi connectivity index (χ1v) is 9.41. The fourth-order valence-electron chi connectivity index (χ4n) is 3.30. The van der Waals surface area contributed by atoms with E-state index in [2.05, 4.69) is 9.88 Å². The summed E-state index contributed by atoms with van der Waals surface area (Å²) in [6, 6.07) is 5.67. The van der Waals surface area contributed by atoms with Gasteiger partial charge in [0.05, 0.1) is 19.0 Å². The highest BCUT2D eigenvalue weighted by Crippen LogP contribution is 2.27. The van der Waals surface area contributed by atoms with E-state index in [-0.39, 0.29) is 12.5 Å². The molecule has 1 fully saturated rings. The number of aliphatic hydroxyl groups is 2. The van der Waals surface area contributed by atoms with Crippen molar-refractivity contribution in [1.82, 2.24) is 14.5 Å². The van der Waals surface area contributed by atoms with Crippen molar-refractivity contribution < 1.29 is 14.9 Å². The van der Waals surface area contributed by atoms with Crippen LogP contribution >= 0.6 is 11.6 Å². The lowest BCUT2D eigenvalue weighted by Crippen LogP contribution is -2.44. The van der Waals surface area contributed by atoms with Crippen molar-refractivity contribution in [3.63, 3.8) is 0 Å². The monoisotopic (exact) mass is 379 g/mol. The van der Waals surface area contributed by atoms with Crippen LogP contribution in [0.1, 0.15) is 18.4 Å². The summed E-state index contributed by atoms with van der Waals surface area (Å²) in [7, 11) is 0. The standard InChI is InChI=1S/C19H26ClN3O3/c20-17-2-3-19(26-9-1-6-22-8-5-21-14-22)16(10-17)11-23-7-4-15(13-24)18(25)12-23/h2-3,5,8,10,14-15,18,24-25H,1,4,6-7,9,11-13H2/t15-,18-/m1/s1. The number of halogens is 1. The predicted octanol–water partition coefficient (Wildman–Crippen LogP) is 2.18. The summed E-state index contributed by atoms with van der Waals surface area (Å²) >= 11 is 6.17. The molecule has 2 heterocycles. The molecular weight excluding hydrogens is 354 g/mol. The van der Waals surface area contributed by atoms with Crippen molar-refractivity contribution in [1.29, 1.82) is 0 Å². The molecule has 142 valence electrons. The van der Waals surface area contributed by atoms with Crippen molar-refractivity contribution >= 4 is 11.6 Å². The molecule has 3 rings (SSSR count). The van der Waals surface area contributed by atoms with Crippen LogP contribution in [0.3, 0.4) is 0 Å². The van der Waals surface area contributed by atoms with Crippen LogP contribution < -0.4 is 4.74 Å². The summed E-state index contributed by atoms with van der Waals surface area (Å²) in [4.78, 5) is 6.21. The molecular formula is C19H26ClN3O3. The number of benzene rings is 1. The SMILES string of the molecule is OC[C@H]1CCN(Cc2cc(Cl)ccc2OCCCn2ccnc2)C[C@H]1O. The lowest BCUT2D eigenvalue weighted by atomic mass is 9.94. The summed E-state index contributed by atoms with van der Waals surface area (Å²) < 4.78 is 8.01. The first-order chi connectivity index (χ1) is 12.7. The third kappa shape index (κ3) is 5.20. The third-order valence-electron chi connectivity index (χ3n) is 4.83. The Bertz CT molecular complexity index is 681. The van der Waals surface area contributed by atoms with Gasteiger partial charge in [0.2, 0.25) is 0 Å². The fourth-order valence-corrected chi connectivity index (χ4v) is 3.50. The Morgan fingerprint density at radius 2 is 2.23 bits per heavy atom. The number of aryl methyl sites for hydroxylation is 1. The molecule has 2 atom stereocenters. The highest BCUT2D eigenvalue weighted by molar-refractivity contribution is 6.30. The number of hydrogen-bond acceptors (Lipinski definition) is 5. The summed E-state index contributed by atoms with van der Waals surface area (Å²) in [6.45, 7) is 3.59. The Kier molecular flexibility index (Phi) is 6.91. The van der Waals surface area contributed by atoms with Crippen LogP contribution in [0.2, 0.25) is 5.02 Å². The minimum atomic E-state index is -0.493. The van der Waals surface area contributed by atoms with Crippen LogP contribution in [0.25, 0.3) is 0 Å². The Morgan fingerprint density at radius 1 is 1.35 bits per heavy atom. The first kappa shape index (κ1) is 19.2. The van der Waals surface area contributed by atoms with Gasteiger partial charge in [-0.05, 0) is 37.6 Å². The van der Waals surface area contributed by atoms with Crippen LogP contribution in [0.5, 0.6) is 5.75 Å². The van der Waals surface area contributed by atoms with Crippen LogP contribution in [0.4, 0.5) is 0 Å². The van der Waals surface area contributed by atoms with Gasteiger partial charge >= 0.3 is 0 Å². The largest absolute Gasteiger partial charge is 0.493 e. The van der Waals surface area contributed by atoms with E-state index in [4.69, 9.17) is 16.3 Å². The van der Waals surface area contributed by atoms with E-state index < -0.39 is 6.10 Å². The summed E-state index contributed by atoms with van der Waals surface area (Å²) in [5, 5.41) is 20.1. The minimum absolute atomic E-state index is 0.0236. The molecule has 2 aromatic rings. The maximum absolute atomic E-state index is 10.1. The van der Waals surface area contributed by atoms with E-state index in [1.165, 1.54) is 0 Å². The maximum Gasteiger partial charge on any atom is 0.123 e. The number of likely N-dealkylation sites (tertiary alicyclic amines) is 1. The third-order valence-corrected chi connectivity index (χ3v) is 5.07. The number of rotatable bonds is 8. The molecule has 1 aliphatic heterocycles. The number of β-amino-alcohol motifs (C(OH)–C–C–N with tert-alkyl or cyclic N) is 1. The van der Waals surface area contributed by atoms with E-state index in [0.717, 1.165) is 37.2 Å². The average Bonchev–Trinajstić information content (AvgIpc) is 3.14. The van der Waals surface area contributed by atoms with Crippen molar-refractivity contribution in [2.45, 2.75) is 32.0 Å². The molecule has 1 aromatic carbocycles. The van der Waals surface area contributed by atoms with Gasteiger partial charge < -0.3 is 19.5 Å². The molecule has 26 heavy (non-hydrogen) atoms. The minimum Gasteiger partial charge on any atom is -0.493 e. The zero-order valence-corrected chi connectivity index (χ0v) is 15.6. The van der Waals surface area contributed by atoms with E-state index in [1.807, 2.05) is 29.0 Å². The fraction of sp³-hybridized carbons (Fsp3) is 0.526. The molecule has 0 unspecified atom stereocenters. The number of imidazole rings is 1. The molecule has 0 bridgehead atoms. The van der Waals surface area contributed by atoms with E-state index >= 15 is 0 Å². The van der Waals surface area contributed by atoms with Crippen molar-refractivity contribution in [2.24, 2.45) is 5.92 Å². The van der Waals surface area contributed by atoms with Gasteiger partial charge in [0.25, 0.3) is 0 Å². The van der Waals surface area contributed by atoms with Gasteiger partial charge in [-0.3, -0.25) is 4.90 Å². The van der Waals surface area contributed by atoms with Gasteiger partial charge in [-0.2, -0.15) is 0 Å². The van der Waals surface area contributed by atoms with Crippen molar-refractivity contribution in [3.8, 4) is 5.75 Å². The van der Waals surface area contributed by atoms with Crippen LogP contribution in [-0.4, -0.2) is 57.1 Å². The van der Waals surface area contributed by atoms with Gasteiger partial charge in [0, 0.05) is 55.1 Å². The molecule has 0 radical (unpaired) electrons. The van der Waals surface area contributed by atoms with E-state index in [0.29, 0.717) is 24.7 Å². The maximum atomic E-state index is 10.1. The lowest BCUT2D eigenvalue weighted by molar-refractivity contribution is -0.00467. The first-order valence-electron chi connectivity index (χ1n) is 9.04. The summed E-state index contributed by atoms with van der Waals surface area (Å²) in [6.07, 6.45) is 6.70. The molecule has 1 aliphatic rings. The highest BCUT2D eigenvalue weighted by Gasteiger charge is 2.27. The zero-order valence-electron chi connectivity index (χ0n) is 14.8. The van der Waals surface area contributed by atoms with Gasteiger partial charge in [-0.1, -0.05) is 11.6 Å². The van der Waals surface area contributed by atoms with Crippen LogP contribution in [-0.2, 0) is 13.1 Å². The second-order valence-electron chi connectivity index (χ2n) is 6.79. The molecule has 6 nitrogen and oxygen atoms in total. The van der Waals surface area contributed by atoms with Crippen LogP contribution in [0.15, 0.2) is 36.9 Å². The number of nitrogens with zero attached hydrogens (tertiary/aromatic N) is 3. The summed E-state index contributed by atoms with van der Waals surface area (Å²) in [5.41, 5.74) is 1.02. The number of aromatic nitrogens is 2. The van der Waals surface area contributed by atoms with Gasteiger partial charge in [-0.25, -0.2) is 4.98 Å². The predicted molar refractivity (Wildman–Crippen MR) is 100 cm³/mol. The van der Waals surface area contributed by atoms with Gasteiger partial charge in [0.15, 0.2) is 0 Å². The molecule has 2 N–H and O–H groups in total. The summed E-state index contributed by atoms with van der Waals surface area (Å²) in [5.74, 6) is 0.809. The highest BCUT2D eigenvalue weighted by atomic mass is 35.5. The number of hydrogen-bond donors (Lipinski definition) is 2. The Hall–Kier alpha value is -1.60. The van der Waals surface area contributed by atoms with E-state index in [9.17, 15) is 10.2 Å². The smallest absolute Gasteiger partial charge is 0.123 e. The van der Waals surface area contributed by atoms with Gasteiger partial charge in [-0.15, -0.1) is 0 Å². The van der Waals surface area contributed by atoms with Crippen molar-refractivity contribution in [2.75, 3.05) is 26.3 Å². The molecule has 0 aliphatic carbocycles. The normalized spacial score (nSPS) is 21.0. The Labute approximate surface area is 159 Å². The lowest BCUT2D eigenvalue weighted by Gasteiger charge is -2.35. The second kappa shape index (κ2) is 9.37. The zero-order chi connectivity index (χ0) is 18.4. The molecule has 0 amide bonds. The quantitative estimate of drug-likeness (QED) is 0.688. The Balaban J connectivity index is 1.55. The van der Waals surface area contributed by atoms with Gasteiger partial charge in [0.1, 0.15) is 5.75 Å². The Morgan fingerprint density at radius 3 is 2.96 bits per heavy atom. The number of ether oxygens (including phenoxy) is 1. The molecule has 0 spiro atoms. The molecule has 7 heteroatoms.